The summed E-state index contributed by atoms with van der Waals surface area (Å²) in [4.78, 5) is 2.15. The van der Waals surface area contributed by atoms with Gasteiger partial charge in [-0.05, 0) is 55.3 Å². The number of anilines is 1. The topological polar surface area (TPSA) is 29.3 Å². The average molecular weight is 246 g/mol. The molecule has 2 N–H and O–H groups in total. The van der Waals surface area contributed by atoms with Crippen LogP contribution in [0.5, 0.6) is 0 Å². The van der Waals surface area contributed by atoms with Gasteiger partial charge in [0.15, 0.2) is 0 Å². The van der Waals surface area contributed by atoms with E-state index in [-0.39, 0.29) is 0 Å². The molecular weight excluding hydrogens is 220 g/mol. The second kappa shape index (κ2) is 6.24. The van der Waals surface area contributed by atoms with Gasteiger partial charge in [0.2, 0.25) is 0 Å². The van der Waals surface area contributed by atoms with Crippen molar-refractivity contribution in [2.75, 3.05) is 25.5 Å². The van der Waals surface area contributed by atoms with Gasteiger partial charge in [-0.1, -0.05) is 25.0 Å². The van der Waals surface area contributed by atoms with Crippen LogP contribution >= 0.6 is 0 Å². The van der Waals surface area contributed by atoms with Crippen molar-refractivity contribution in [3.05, 3.63) is 29.8 Å². The number of hydrogen-bond acceptors (Lipinski definition) is 2. The second-order valence-electron chi connectivity index (χ2n) is 5.71. The molecule has 2 heteroatoms. The monoisotopic (exact) mass is 246 g/mol. The highest BCUT2D eigenvalue weighted by Gasteiger charge is 2.25. The maximum Gasteiger partial charge on any atom is 0.0361 e. The van der Waals surface area contributed by atoms with Crippen LogP contribution in [-0.4, -0.2) is 20.6 Å². The zero-order valence-corrected chi connectivity index (χ0v) is 11.7. The molecule has 2 unspecified atom stereocenters. The number of benzene rings is 1. The summed E-state index contributed by atoms with van der Waals surface area (Å²) in [5, 5.41) is 0. The fourth-order valence-corrected chi connectivity index (χ4v) is 3.23. The molecule has 0 aliphatic heterocycles. The molecule has 1 saturated carbocycles. The Balaban J connectivity index is 2.12. The summed E-state index contributed by atoms with van der Waals surface area (Å²) in [6.07, 6.45) is 6.64. The van der Waals surface area contributed by atoms with E-state index in [0.717, 1.165) is 18.4 Å². The van der Waals surface area contributed by atoms with Crippen LogP contribution in [0.2, 0.25) is 0 Å². The van der Waals surface area contributed by atoms with Crippen LogP contribution in [0.4, 0.5) is 5.69 Å². The Morgan fingerprint density at radius 2 is 1.78 bits per heavy atom. The minimum absolute atomic E-state index is 0.735. The first-order valence-electron chi connectivity index (χ1n) is 7.19. The molecule has 2 nitrogen and oxygen atoms in total. The van der Waals surface area contributed by atoms with E-state index in [9.17, 15) is 0 Å². The molecule has 1 aromatic carbocycles. The smallest absolute Gasteiger partial charge is 0.0361 e. The van der Waals surface area contributed by atoms with Gasteiger partial charge in [-0.25, -0.2) is 0 Å². The van der Waals surface area contributed by atoms with Crippen molar-refractivity contribution in [1.29, 1.82) is 0 Å². The van der Waals surface area contributed by atoms with Gasteiger partial charge in [0.25, 0.3) is 0 Å². The summed E-state index contributed by atoms with van der Waals surface area (Å²) in [5.74, 6) is 1.53. The minimum Gasteiger partial charge on any atom is -0.378 e. The van der Waals surface area contributed by atoms with Gasteiger partial charge in [-0.3, -0.25) is 0 Å². The van der Waals surface area contributed by atoms with Crippen molar-refractivity contribution in [2.45, 2.75) is 38.0 Å². The molecule has 1 aliphatic carbocycles. The Labute approximate surface area is 111 Å². The molecule has 2 rings (SSSR count). The lowest BCUT2D eigenvalue weighted by Crippen LogP contribution is -2.21. The molecule has 0 radical (unpaired) electrons. The summed E-state index contributed by atoms with van der Waals surface area (Å²) in [6.45, 7) is 0.830. The fraction of sp³-hybridized carbons (Fsp3) is 0.625. The normalized spacial score (nSPS) is 23.9. The molecule has 100 valence electrons. The van der Waals surface area contributed by atoms with E-state index < -0.39 is 0 Å². The lowest BCUT2D eigenvalue weighted by Gasteiger charge is -2.32. The summed E-state index contributed by atoms with van der Waals surface area (Å²) in [7, 11) is 4.18. The highest BCUT2D eigenvalue weighted by molar-refractivity contribution is 5.46. The molecule has 1 fully saturated rings. The molecule has 1 aliphatic rings. The number of hydrogen-bond donors (Lipinski definition) is 1. The highest BCUT2D eigenvalue weighted by Crippen LogP contribution is 2.39. The first kappa shape index (κ1) is 13.4. The van der Waals surface area contributed by atoms with E-state index in [0.29, 0.717) is 0 Å². The van der Waals surface area contributed by atoms with Crippen molar-refractivity contribution in [3.63, 3.8) is 0 Å². The van der Waals surface area contributed by atoms with Crippen LogP contribution in [-0.2, 0) is 0 Å². The number of nitrogens with zero attached hydrogens (tertiary/aromatic N) is 1. The molecule has 18 heavy (non-hydrogen) atoms. The van der Waals surface area contributed by atoms with Crippen molar-refractivity contribution in [3.8, 4) is 0 Å². The van der Waals surface area contributed by atoms with Crippen LogP contribution in [0.15, 0.2) is 24.3 Å². The third-order valence-corrected chi connectivity index (χ3v) is 4.28. The average Bonchev–Trinajstić information content (AvgIpc) is 2.40. The zero-order chi connectivity index (χ0) is 13.0. The Kier molecular flexibility index (Phi) is 4.65. The lowest BCUT2D eigenvalue weighted by molar-refractivity contribution is 0.294. The number of rotatable bonds is 4. The van der Waals surface area contributed by atoms with Gasteiger partial charge < -0.3 is 10.6 Å². The summed E-state index contributed by atoms with van der Waals surface area (Å²) in [6, 6.07) is 9.11. The van der Waals surface area contributed by atoms with Crippen LogP contribution in [0, 0.1) is 5.92 Å². The molecule has 1 aromatic rings. The molecular formula is C16H26N2. The van der Waals surface area contributed by atoms with E-state index >= 15 is 0 Å². The van der Waals surface area contributed by atoms with Gasteiger partial charge >= 0.3 is 0 Å². The van der Waals surface area contributed by atoms with Gasteiger partial charge in [0, 0.05) is 19.8 Å². The SMILES string of the molecule is CN(C)c1ccc(C2CCCCC2CCN)cc1. The van der Waals surface area contributed by atoms with Gasteiger partial charge in [0.05, 0.1) is 0 Å². The third-order valence-electron chi connectivity index (χ3n) is 4.28. The lowest BCUT2D eigenvalue weighted by atomic mass is 9.74. The molecule has 0 spiro atoms. The molecule has 0 amide bonds. The Bertz CT molecular complexity index is 354. The van der Waals surface area contributed by atoms with Gasteiger partial charge in [0.1, 0.15) is 0 Å². The van der Waals surface area contributed by atoms with E-state index in [1.54, 1.807) is 0 Å². The summed E-state index contributed by atoms with van der Waals surface area (Å²) >= 11 is 0. The molecule has 0 saturated heterocycles. The minimum atomic E-state index is 0.735. The fourth-order valence-electron chi connectivity index (χ4n) is 3.23. The van der Waals surface area contributed by atoms with Crippen molar-refractivity contribution >= 4 is 5.69 Å². The molecule has 2 atom stereocenters. The van der Waals surface area contributed by atoms with Gasteiger partial charge in [-0.2, -0.15) is 0 Å². The Morgan fingerprint density at radius 1 is 1.11 bits per heavy atom. The highest BCUT2D eigenvalue weighted by atomic mass is 15.1. The van der Waals surface area contributed by atoms with Crippen molar-refractivity contribution in [1.82, 2.24) is 0 Å². The van der Waals surface area contributed by atoms with Crippen molar-refractivity contribution < 1.29 is 0 Å². The number of nitrogens with two attached hydrogens (primary N) is 1. The maximum atomic E-state index is 5.76. The predicted molar refractivity (Wildman–Crippen MR) is 79.1 cm³/mol. The van der Waals surface area contributed by atoms with Crippen LogP contribution in [0.3, 0.4) is 0 Å². The zero-order valence-electron chi connectivity index (χ0n) is 11.7. The quantitative estimate of drug-likeness (QED) is 0.882. The van der Waals surface area contributed by atoms with E-state index in [4.69, 9.17) is 5.73 Å². The maximum absolute atomic E-state index is 5.76. The summed E-state index contributed by atoms with van der Waals surface area (Å²) in [5.41, 5.74) is 8.55. The van der Waals surface area contributed by atoms with E-state index in [2.05, 4.69) is 43.3 Å². The largest absolute Gasteiger partial charge is 0.378 e. The van der Waals surface area contributed by atoms with E-state index in [1.165, 1.54) is 43.4 Å². The third kappa shape index (κ3) is 3.05. The summed E-state index contributed by atoms with van der Waals surface area (Å²) < 4.78 is 0. The van der Waals surface area contributed by atoms with Crippen molar-refractivity contribution in [2.24, 2.45) is 11.7 Å². The van der Waals surface area contributed by atoms with Crippen LogP contribution in [0.25, 0.3) is 0 Å². The van der Waals surface area contributed by atoms with Crippen LogP contribution < -0.4 is 10.6 Å². The standard InChI is InChI=1S/C16H26N2/c1-18(2)15-9-7-14(8-10-15)16-6-4-3-5-13(16)11-12-17/h7-10,13,16H,3-6,11-12,17H2,1-2H3. The molecule has 0 bridgehead atoms. The second-order valence-corrected chi connectivity index (χ2v) is 5.71. The first-order valence-corrected chi connectivity index (χ1v) is 7.19. The Morgan fingerprint density at radius 3 is 2.39 bits per heavy atom. The molecule has 0 aromatic heterocycles. The van der Waals surface area contributed by atoms with Crippen LogP contribution in [0.1, 0.15) is 43.6 Å². The molecule has 0 heterocycles. The Hall–Kier alpha value is -1.02. The van der Waals surface area contributed by atoms with Gasteiger partial charge in [-0.15, -0.1) is 0 Å². The van der Waals surface area contributed by atoms with E-state index in [1.807, 2.05) is 0 Å². The predicted octanol–water partition coefficient (Wildman–Crippen LogP) is 3.38. The first-order chi connectivity index (χ1) is 8.72.